The number of oxazole rings is 1. The van der Waals surface area contributed by atoms with Crippen LogP contribution in [0.1, 0.15) is 72.0 Å². The molecule has 3 N–H and O–H groups in total. The summed E-state index contributed by atoms with van der Waals surface area (Å²) < 4.78 is 49.5. The molecular weight excluding hydrogens is 473 g/mol. The number of aromatic nitrogens is 2. The van der Waals surface area contributed by atoms with E-state index in [9.17, 15) is 18.0 Å². The highest BCUT2D eigenvalue weighted by molar-refractivity contribution is 5.96. The van der Waals surface area contributed by atoms with Crippen LogP contribution in [0.15, 0.2) is 28.7 Å². The summed E-state index contributed by atoms with van der Waals surface area (Å²) in [5.74, 6) is 1.04. The predicted octanol–water partition coefficient (Wildman–Crippen LogP) is 6.91. The van der Waals surface area contributed by atoms with Gasteiger partial charge in [0, 0.05) is 17.5 Å². The first-order valence-corrected chi connectivity index (χ1v) is 12.2. The van der Waals surface area contributed by atoms with E-state index in [0.29, 0.717) is 28.8 Å². The van der Waals surface area contributed by atoms with Crippen LogP contribution in [0.2, 0.25) is 0 Å². The van der Waals surface area contributed by atoms with Crippen LogP contribution >= 0.6 is 0 Å². The van der Waals surface area contributed by atoms with Crippen molar-refractivity contribution in [3.8, 4) is 17.2 Å². The van der Waals surface area contributed by atoms with Crippen LogP contribution in [0.3, 0.4) is 0 Å². The fourth-order valence-electron chi connectivity index (χ4n) is 2.64. The molecule has 1 aromatic carbocycles. The Hall–Kier alpha value is -3.14. The average Bonchev–Trinajstić information content (AvgIpc) is 3.30. The van der Waals surface area contributed by atoms with Gasteiger partial charge in [-0.1, -0.05) is 48.5 Å². The smallest absolute Gasteiger partial charge is 0.433 e. The molecule has 0 saturated heterocycles. The molecule has 1 amide bonds. The fraction of sp³-hybridized carbons (Fsp3) is 0.500. The van der Waals surface area contributed by atoms with Gasteiger partial charge in [-0.15, -0.1) is 0 Å². The number of methoxy groups -OCH3 is 1. The summed E-state index contributed by atoms with van der Waals surface area (Å²) in [4.78, 5) is 17.5. The van der Waals surface area contributed by atoms with Crippen molar-refractivity contribution in [2.45, 2.75) is 74.5 Å². The van der Waals surface area contributed by atoms with Crippen LogP contribution < -0.4 is 15.8 Å². The van der Waals surface area contributed by atoms with Gasteiger partial charge in [-0.05, 0) is 37.6 Å². The van der Waals surface area contributed by atoms with E-state index < -0.39 is 11.9 Å². The van der Waals surface area contributed by atoms with Gasteiger partial charge in [-0.2, -0.15) is 13.2 Å². The number of carbonyl (C=O) groups is 1. The molecule has 0 saturated carbocycles. The molecular formula is C26H41F3N4O3. The number of aryl methyl sites for hydroxylation is 1. The van der Waals surface area contributed by atoms with Crippen molar-refractivity contribution in [3.05, 3.63) is 41.4 Å². The van der Waals surface area contributed by atoms with Crippen LogP contribution in [0.5, 0.6) is 5.75 Å². The van der Waals surface area contributed by atoms with Crippen molar-refractivity contribution in [3.63, 3.8) is 0 Å². The number of hydrogen-bond donors (Lipinski definition) is 2. The summed E-state index contributed by atoms with van der Waals surface area (Å²) in [5, 5.41) is 2.97. The maximum atomic E-state index is 12.9. The largest absolute Gasteiger partial charge is 0.494 e. The summed E-state index contributed by atoms with van der Waals surface area (Å²) in [5.41, 5.74) is 5.84. The van der Waals surface area contributed by atoms with Crippen LogP contribution in [0.4, 0.5) is 13.2 Å². The lowest BCUT2D eigenvalue weighted by atomic mass is 10.1. The summed E-state index contributed by atoms with van der Waals surface area (Å²) in [6.07, 6.45) is -2.82. The van der Waals surface area contributed by atoms with Crippen molar-refractivity contribution in [2.24, 2.45) is 5.73 Å². The Bertz CT molecular complexity index is 1010. The van der Waals surface area contributed by atoms with Gasteiger partial charge in [0.2, 0.25) is 12.3 Å². The van der Waals surface area contributed by atoms with E-state index in [4.69, 9.17) is 14.9 Å². The Morgan fingerprint density at radius 1 is 1.06 bits per heavy atom. The number of carbonyl (C=O) groups excluding carboxylic acids is 1. The molecule has 0 bridgehead atoms. The predicted molar refractivity (Wildman–Crippen MR) is 140 cm³/mol. The third kappa shape index (κ3) is 10.2. The molecule has 36 heavy (non-hydrogen) atoms. The van der Waals surface area contributed by atoms with Crippen molar-refractivity contribution < 1.29 is 27.1 Å². The van der Waals surface area contributed by atoms with E-state index in [2.05, 4.69) is 15.3 Å². The topological polar surface area (TPSA) is 103 Å². The molecule has 0 aliphatic rings. The number of ether oxygens (including phenoxy) is 1. The Kier molecular flexibility index (Phi) is 18.6. The van der Waals surface area contributed by atoms with Crippen molar-refractivity contribution >= 4 is 17.3 Å². The molecule has 7 nitrogen and oxygen atoms in total. The number of hydrogen-bond acceptors (Lipinski definition) is 6. The Morgan fingerprint density at radius 3 is 2.08 bits per heavy atom. The highest BCUT2D eigenvalue weighted by Gasteiger charge is 2.33. The molecule has 0 fully saturated rings. The highest BCUT2D eigenvalue weighted by Crippen LogP contribution is 2.36. The standard InChI is InChI=1S/C16H14F3N3O2.C4H9NO.3C2H6/c1-8-12(7-20)24-15(21-8)10-3-5-11(23-2)14-9(10)4-6-13(22-14)16(17,18)19;1-2-3-5-4-6;3*1-2/h3-6H,7,20H2,1-2H3;4H,2-3H2,1H3,(H,5,6);3*1-2H3. The molecule has 2 heterocycles. The van der Waals surface area contributed by atoms with Gasteiger partial charge in [0.1, 0.15) is 22.7 Å². The van der Waals surface area contributed by atoms with Gasteiger partial charge in [0.05, 0.1) is 19.3 Å². The summed E-state index contributed by atoms with van der Waals surface area (Å²) >= 11 is 0. The maximum Gasteiger partial charge on any atom is 0.433 e. The number of nitrogens with one attached hydrogen (secondary N) is 1. The lowest BCUT2D eigenvalue weighted by Crippen LogP contribution is -2.10. The second kappa shape index (κ2) is 19.1. The number of pyridine rings is 1. The zero-order valence-corrected chi connectivity index (χ0v) is 22.8. The Balaban J connectivity index is 0. The molecule has 3 aromatic rings. The Labute approximate surface area is 212 Å². The number of nitrogens with zero attached hydrogens (tertiary/aromatic N) is 2. The summed E-state index contributed by atoms with van der Waals surface area (Å²) in [6.45, 7) is 16.7. The average molecular weight is 515 g/mol. The van der Waals surface area contributed by atoms with Crippen LogP contribution in [0.25, 0.3) is 22.4 Å². The molecule has 204 valence electrons. The number of amides is 1. The zero-order valence-electron chi connectivity index (χ0n) is 22.8. The quantitative estimate of drug-likeness (QED) is 0.274. The lowest BCUT2D eigenvalue weighted by molar-refractivity contribution is -0.141. The van der Waals surface area contributed by atoms with Crippen LogP contribution in [-0.2, 0) is 17.5 Å². The molecule has 3 rings (SSSR count). The van der Waals surface area contributed by atoms with Gasteiger partial charge in [-0.25, -0.2) is 9.97 Å². The fourth-order valence-corrected chi connectivity index (χ4v) is 2.64. The SMILES string of the molecule is CC.CC.CC.CCCNC=O.COc1ccc(-c2nc(C)c(CN)o2)c2ccc(C(F)(F)F)nc12. The van der Waals surface area contributed by atoms with E-state index in [1.807, 2.05) is 48.5 Å². The number of rotatable bonds is 6. The zero-order chi connectivity index (χ0) is 28.3. The first-order chi connectivity index (χ1) is 17.3. The van der Waals surface area contributed by atoms with Gasteiger partial charge in [-0.3, -0.25) is 4.79 Å². The molecule has 0 aliphatic carbocycles. The van der Waals surface area contributed by atoms with Gasteiger partial charge in [0.15, 0.2) is 0 Å². The molecule has 0 unspecified atom stereocenters. The van der Waals surface area contributed by atoms with E-state index in [1.165, 1.54) is 19.2 Å². The van der Waals surface area contributed by atoms with Crippen LogP contribution in [-0.4, -0.2) is 30.0 Å². The monoisotopic (exact) mass is 514 g/mol. The molecule has 10 heteroatoms. The van der Waals surface area contributed by atoms with Crippen molar-refractivity contribution in [1.29, 1.82) is 0 Å². The van der Waals surface area contributed by atoms with Gasteiger partial charge >= 0.3 is 6.18 Å². The van der Waals surface area contributed by atoms with Gasteiger partial charge < -0.3 is 20.2 Å². The summed E-state index contributed by atoms with van der Waals surface area (Å²) in [6, 6.07) is 5.46. The molecule has 0 radical (unpaired) electrons. The number of benzene rings is 1. The lowest BCUT2D eigenvalue weighted by Gasteiger charge is -2.11. The first-order valence-electron chi connectivity index (χ1n) is 12.2. The van der Waals surface area contributed by atoms with E-state index >= 15 is 0 Å². The highest BCUT2D eigenvalue weighted by atomic mass is 19.4. The second-order valence-corrected chi connectivity index (χ2v) is 6.21. The minimum atomic E-state index is -4.54. The number of fused-ring (bicyclic) bond motifs is 1. The minimum Gasteiger partial charge on any atom is -0.494 e. The van der Waals surface area contributed by atoms with E-state index in [1.54, 1.807) is 13.0 Å². The van der Waals surface area contributed by atoms with Crippen molar-refractivity contribution in [1.82, 2.24) is 15.3 Å². The molecule has 2 aromatic heterocycles. The van der Waals surface area contributed by atoms with Gasteiger partial charge in [0.25, 0.3) is 0 Å². The van der Waals surface area contributed by atoms with E-state index in [-0.39, 0.29) is 23.7 Å². The third-order valence-corrected chi connectivity index (χ3v) is 4.12. The minimum absolute atomic E-state index is 0.0926. The van der Waals surface area contributed by atoms with Crippen LogP contribution in [0, 0.1) is 6.92 Å². The first kappa shape index (κ1) is 35.0. The number of alkyl halides is 3. The maximum absolute atomic E-state index is 12.9. The molecule has 0 aliphatic heterocycles. The normalized spacial score (nSPS) is 9.69. The number of nitrogens with two attached hydrogens (primary N) is 1. The van der Waals surface area contributed by atoms with Crippen molar-refractivity contribution in [2.75, 3.05) is 13.7 Å². The second-order valence-electron chi connectivity index (χ2n) is 6.21. The molecule has 0 spiro atoms. The van der Waals surface area contributed by atoms with E-state index in [0.717, 1.165) is 19.0 Å². The number of halogens is 3. The summed E-state index contributed by atoms with van der Waals surface area (Å²) in [7, 11) is 1.37. The Morgan fingerprint density at radius 2 is 1.67 bits per heavy atom. The molecule has 0 atom stereocenters. The third-order valence-electron chi connectivity index (χ3n) is 4.12.